The van der Waals surface area contributed by atoms with Crippen molar-refractivity contribution in [1.82, 2.24) is 10.2 Å². The number of amides is 2. The molecule has 3 aromatic rings. The highest BCUT2D eigenvalue weighted by Gasteiger charge is 2.36. The van der Waals surface area contributed by atoms with Crippen LogP contribution in [0.5, 0.6) is 5.75 Å². The van der Waals surface area contributed by atoms with Crippen molar-refractivity contribution in [3.05, 3.63) is 83.8 Å². The van der Waals surface area contributed by atoms with Crippen molar-refractivity contribution < 1.29 is 27.5 Å². The molecule has 1 aromatic heterocycles. The number of benzene rings is 2. The molecule has 2 heterocycles. The van der Waals surface area contributed by atoms with E-state index in [1.807, 2.05) is 30.3 Å². The van der Waals surface area contributed by atoms with Crippen LogP contribution in [0.3, 0.4) is 0 Å². The van der Waals surface area contributed by atoms with E-state index < -0.39 is 15.4 Å². The van der Waals surface area contributed by atoms with Gasteiger partial charge in [-0.25, -0.2) is 0 Å². The molecular formula is C29H32F2IN3O4. The first kappa shape index (κ1) is 28.8. The Bertz CT molecular complexity index is 1280. The molecule has 2 aromatic carbocycles. The van der Waals surface area contributed by atoms with Crippen molar-refractivity contribution in [2.24, 2.45) is 0 Å². The Hall–Kier alpha value is -3.15. The second kappa shape index (κ2) is 12.4. The van der Waals surface area contributed by atoms with Crippen LogP contribution in [-0.4, -0.2) is 49.0 Å². The average Bonchev–Trinajstić information content (AvgIpc) is 3.42. The molecule has 1 unspecified atom stereocenters. The summed E-state index contributed by atoms with van der Waals surface area (Å²) in [6.45, 7) is 3.50. The highest BCUT2D eigenvalue weighted by Crippen LogP contribution is 2.40. The van der Waals surface area contributed by atoms with E-state index in [4.69, 9.17) is 9.15 Å². The van der Waals surface area contributed by atoms with Crippen molar-refractivity contribution in [1.29, 1.82) is 0 Å². The van der Waals surface area contributed by atoms with Crippen LogP contribution in [0, 0.1) is 0 Å². The fourth-order valence-electron chi connectivity index (χ4n) is 4.66. The van der Waals surface area contributed by atoms with Gasteiger partial charge >= 0.3 is 3.93 Å². The molecule has 39 heavy (non-hydrogen) atoms. The van der Waals surface area contributed by atoms with E-state index in [2.05, 4.69) is 17.1 Å². The number of hydrogen-bond acceptors (Lipinski definition) is 5. The third-order valence-electron chi connectivity index (χ3n) is 7.12. The number of carbonyl (C=O) groups excluding carboxylic acids is 2. The highest BCUT2D eigenvalue weighted by molar-refractivity contribution is 14.1. The number of likely N-dealkylation sites (N-methyl/N-ethyl adjacent to an activating group) is 1. The minimum atomic E-state index is -2.93. The van der Waals surface area contributed by atoms with E-state index in [9.17, 15) is 18.4 Å². The molecular weight excluding hydrogens is 619 g/mol. The van der Waals surface area contributed by atoms with Gasteiger partial charge in [0.1, 0.15) is 11.4 Å². The zero-order valence-electron chi connectivity index (χ0n) is 22.0. The van der Waals surface area contributed by atoms with Crippen molar-refractivity contribution in [3.8, 4) is 5.75 Å². The third-order valence-corrected chi connectivity index (χ3v) is 7.74. The number of para-hydroxylation sites is 2. The minimum Gasteiger partial charge on any atom is -0.485 e. The van der Waals surface area contributed by atoms with Crippen LogP contribution in [-0.2, 0) is 15.3 Å². The summed E-state index contributed by atoms with van der Waals surface area (Å²) in [4.78, 5) is 28.5. The number of halogens is 3. The predicted octanol–water partition coefficient (Wildman–Crippen LogP) is 5.98. The fourth-order valence-corrected chi connectivity index (χ4v) is 5.00. The van der Waals surface area contributed by atoms with Gasteiger partial charge in [0, 0.05) is 67.7 Å². The number of nitrogens with zero attached hydrogens (tertiary/aromatic N) is 2. The topological polar surface area (TPSA) is 75.0 Å². The van der Waals surface area contributed by atoms with Crippen LogP contribution < -0.4 is 15.0 Å². The first-order chi connectivity index (χ1) is 18.6. The summed E-state index contributed by atoms with van der Waals surface area (Å²) in [5.41, 5.74) is 1.17. The maximum absolute atomic E-state index is 13.9. The Morgan fingerprint density at radius 1 is 1.15 bits per heavy atom. The largest absolute Gasteiger partial charge is 0.485 e. The maximum Gasteiger partial charge on any atom is 0.321 e. The van der Waals surface area contributed by atoms with Crippen molar-refractivity contribution in [3.63, 3.8) is 0 Å². The molecule has 1 N–H and O–H groups in total. The Morgan fingerprint density at radius 3 is 2.67 bits per heavy atom. The molecule has 2 amide bonds. The lowest BCUT2D eigenvalue weighted by Crippen LogP contribution is -2.43. The lowest BCUT2D eigenvalue weighted by atomic mass is 9.91. The summed E-state index contributed by atoms with van der Waals surface area (Å²) in [6, 6.07) is 17.4. The Labute approximate surface area is 240 Å². The van der Waals surface area contributed by atoms with E-state index in [1.165, 1.54) is 18.4 Å². The van der Waals surface area contributed by atoms with Crippen molar-refractivity contribution >= 4 is 40.1 Å². The molecule has 0 aliphatic carbocycles. The van der Waals surface area contributed by atoms with Gasteiger partial charge in [0.15, 0.2) is 5.76 Å². The van der Waals surface area contributed by atoms with Gasteiger partial charge < -0.3 is 24.3 Å². The van der Waals surface area contributed by atoms with Gasteiger partial charge in [0.05, 0.1) is 18.5 Å². The van der Waals surface area contributed by atoms with Gasteiger partial charge in [-0.15, -0.1) is 0 Å². The zero-order chi connectivity index (χ0) is 28.0. The first-order valence-electron chi connectivity index (χ1n) is 12.8. The summed E-state index contributed by atoms with van der Waals surface area (Å²) in [5, 5.41) is 2.58. The predicted molar refractivity (Wildman–Crippen MR) is 153 cm³/mol. The second-order valence-corrected chi connectivity index (χ2v) is 11.1. The molecule has 0 spiro atoms. The average molecular weight is 651 g/mol. The summed E-state index contributed by atoms with van der Waals surface area (Å²) >= 11 is 1.16. The molecule has 1 aliphatic rings. The van der Waals surface area contributed by atoms with Gasteiger partial charge in [0.25, 0.3) is 5.91 Å². The van der Waals surface area contributed by atoms with Gasteiger partial charge in [-0.1, -0.05) is 37.3 Å². The van der Waals surface area contributed by atoms with E-state index in [1.54, 1.807) is 30.1 Å². The molecule has 4 rings (SSSR count). The highest BCUT2D eigenvalue weighted by atomic mass is 127. The number of nitrogens with one attached hydrogen (secondary N) is 1. The van der Waals surface area contributed by atoms with E-state index in [0.29, 0.717) is 32.5 Å². The van der Waals surface area contributed by atoms with E-state index in [-0.39, 0.29) is 23.8 Å². The van der Waals surface area contributed by atoms with Crippen LogP contribution in [0.1, 0.15) is 47.9 Å². The number of fused-ring (bicyclic) bond motifs is 1. The SMILES string of the molecule is CCC1(CCN(C)C(=O)CNC(=O)c2ccco2)CCN(Cc2cccc(C(F)(F)I)c2)c2ccccc2O1. The number of alkyl halides is 3. The summed E-state index contributed by atoms with van der Waals surface area (Å²) in [5.74, 6) is 0.221. The van der Waals surface area contributed by atoms with Gasteiger partial charge in [-0.2, -0.15) is 8.78 Å². The third kappa shape index (κ3) is 7.28. The normalized spacial score (nSPS) is 17.1. The molecule has 0 radical (unpaired) electrons. The number of carbonyl (C=O) groups is 2. The molecule has 1 atom stereocenters. The molecule has 10 heteroatoms. The van der Waals surface area contributed by atoms with E-state index >= 15 is 0 Å². The summed E-state index contributed by atoms with van der Waals surface area (Å²) in [6.07, 6.45) is 3.41. The Balaban J connectivity index is 1.42. The van der Waals surface area contributed by atoms with Gasteiger partial charge in [0.2, 0.25) is 5.91 Å². The quantitative estimate of drug-likeness (QED) is 0.216. The summed E-state index contributed by atoms with van der Waals surface area (Å²) in [7, 11) is 1.71. The Morgan fingerprint density at radius 2 is 1.95 bits per heavy atom. The molecule has 1 aliphatic heterocycles. The number of anilines is 1. The lowest BCUT2D eigenvalue weighted by molar-refractivity contribution is -0.129. The van der Waals surface area contributed by atoms with Crippen LogP contribution >= 0.6 is 22.6 Å². The molecule has 0 saturated carbocycles. The second-order valence-electron chi connectivity index (χ2n) is 9.70. The first-order valence-corrected chi connectivity index (χ1v) is 13.9. The van der Waals surface area contributed by atoms with Crippen LogP contribution in [0.25, 0.3) is 0 Å². The number of rotatable bonds is 10. The van der Waals surface area contributed by atoms with Gasteiger partial charge in [-0.05, 0) is 42.3 Å². The smallest absolute Gasteiger partial charge is 0.321 e. The van der Waals surface area contributed by atoms with Gasteiger partial charge in [-0.3, -0.25) is 9.59 Å². The maximum atomic E-state index is 13.9. The molecule has 0 bridgehead atoms. The number of furan rings is 1. The monoisotopic (exact) mass is 651 g/mol. The molecule has 7 nitrogen and oxygen atoms in total. The molecule has 208 valence electrons. The minimum absolute atomic E-state index is 0.0177. The summed E-state index contributed by atoms with van der Waals surface area (Å²) < 4.78 is 36.6. The molecule has 0 saturated heterocycles. The molecule has 0 fully saturated rings. The zero-order valence-corrected chi connectivity index (χ0v) is 24.1. The lowest BCUT2D eigenvalue weighted by Gasteiger charge is -2.34. The van der Waals surface area contributed by atoms with E-state index in [0.717, 1.165) is 46.0 Å². The van der Waals surface area contributed by atoms with Crippen molar-refractivity contribution in [2.75, 3.05) is 31.6 Å². The standard InChI is InChI=1S/C29H32F2IN3O4/c1-3-28(13-15-34(2)26(36)19-33-27(37)25-12-7-17-38-25)14-16-35(23-10-4-5-11-24(23)39-28)20-21-8-6-9-22(18-21)29(30,31)32/h4-12,17-18H,3,13-16,19-20H2,1-2H3,(H,33,37). The number of ether oxygens (including phenoxy) is 1. The van der Waals surface area contributed by atoms with Crippen LogP contribution in [0.4, 0.5) is 14.5 Å². The van der Waals surface area contributed by atoms with Crippen molar-refractivity contribution in [2.45, 2.75) is 42.3 Å². The van der Waals surface area contributed by atoms with Crippen LogP contribution in [0.15, 0.2) is 71.3 Å². The Kier molecular flexibility index (Phi) is 9.14. The number of hydrogen-bond donors (Lipinski definition) is 1. The van der Waals surface area contributed by atoms with Crippen LogP contribution in [0.2, 0.25) is 0 Å². The fraction of sp³-hybridized carbons (Fsp3) is 0.379.